The number of halogens is 1. The molecule has 0 atom stereocenters. The van der Waals surface area contributed by atoms with Crippen LogP contribution < -0.4 is 51.4 Å². The molecular formula is H5FKO4PTi. The molecule has 8 heteroatoms. The molecule has 0 spiro atoms. The zero-order valence-electron chi connectivity index (χ0n) is 5.11. The largest absolute Gasteiger partial charge is 1.00 e. The van der Waals surface area contributed by atoms with E-state index in [4.69, 9.17) is 19.2 Å². The molecule has 0 amide bonds. The molecule has 0 aromatic carbocycles. The Labute approximate surface area is 104 Å². The van der Waals surface area contributed by atoms with Crippen LogP contribution >= 0.6 is 7.82 Å². The van der Waals surface area contributed by atoms with Crippen molar-refractivity contribution in [3.8, 4) is 0 Å². The fourth-order valence-corrected chi connectivity index (χ4v) is 0. The Bertz CT molecular complexity index is 66.7. The van der Waals surface area contributed by atoms with Crippen LogP contribution in [0.15, 0.2) is 0 Å². The summed E-state index contributed by atoms with van der Waals surface area (Å²) >= 11 is 0. The third-order valence-electron chi connectivity index (χ3n) is 0. The van der Waals surface area contributed by atoms with Gasteiger partial charge in [-0.2, -0.15) is 0 Å². The normalized spacial score (nSPS) is 7.38. The molecule has 0 aliphatic heterocycles. The van der Waals surface area contributed by atoms with Crippen LogP contribution in [0.5, 0.6) is 0 Å². The first-order valence-corrected chi connectivity index (χ1v) is 2.35. The van der Waals surface area contributed by atoms with Gasteiger partial charge in [-0.25, -0.2) is 4.57 Å². The predicted octanol–water partition coefficient (Wildman–Crippen LogP) is -3.66. The molecule has 0 bridgehead atoms. The van der Waals surface area contributed by atoms with Gasteiger partial charge in [-0.1, -0.05) is 0 Å². The molecule has 46 valence electrons. The van der Waals surface area contributed by atoms with Crippen molar-refractivity contribution < 1.29 is 98.5 Å². The third-order valence-corrected chi connectivity index (χ3v) is 0. The Balaban J connectivity index is -0.0000000133. The van der Waals surface area contributed by atoms with Gasteiger partial charge in [0, 0.05) is 21.7 Å². The molecular weight excluding hydrogens is 201 g/mol. The maximum Gasteiger partial charge on any atom is 1.00 e. The average Bonchev–Trinajstić information content (AvgIpc) is 0.722. The van der Waals surface area contributed by atoms with Crippen LogP contribution in [0.25, 0.3) is 0 Å². The minimum absolute atomic E-state index is 0. The Morgan fingerprint density at radius 2 is 1.25 bits per heavy atom. The second kappa shape index (κ2) is 9.39. The quantitative estimate of drug-likeness (QED) is 0.282. The van der Waals surface area contributed by atoms with Gasteiger partial charge in [0.1, 0.15) is 0 Å². The molecule has 3 N–H and O–H groups in total. The first-order valence-electron chi connectivity index (χ1n) is 0.783. The van der Waals surface area contributed by atoms with Crippen molar-refractivity contribution in [2.45, 2.75) is 0 Å². The molecule has 0 aromatic rings. The van der Waals surface area contributed by atoms with E-state index in [2.05, 4.69) is 0 Å². The van der Waals surface area contributed by atoms with Crippen molar-refractivity contribution in [3.05, 3.63) is 0 Å². The van der Waals surface area contributed by atoms with Crippen molar-refractivity contribution in [3.63, 3.8) is 0 Å². The van der Waals surface area contributed by atoms with Crippen molar-refractivity contribution >= 4 is 7.82 Å². The first-order chi connectivity index (χ1) is 2.00. The minimum atomic E-state index is -4.64. The zero-order chi connectivity index (χ0) is 4.50. The topological polar surface area (TPSA) is 77.8 Å². The van der Waals surface area contributed by atoms with Crippen LogP contribution in [0.2, 0.25) is 0 Å². The smallest absolute Gasteiger partial charge is 1.00 e. The summed E-state index contributed by atoms with van der Waals surface area (Å²) in [4.78, 5) is 21.6. The number of rotatable bonds is 0. The Morgan fingerprint density at radius 3 is 1.25 bits per heavy atom. The fraction of sp³-hybridized carbons (Fsp3) is 0. The van der Waals surface area contributed by atoms with Gasteiger partial charge in [-0.15, -0.1) is 0 Å². The molecule has 4 nitrogen and oxygen atoms in total. The molecule has 0 unspecified atom stereocenters. The van der Waals surface area contributed by atoms with Crippen molar-refractivity contribution in [2.24, 2.45) is 0 Å². The predicted molar refractivity (Wildman–Crippen MR) is 17.9 cm³/mol. The standard InChI is InChI=1S/FH.K.H3O4P.Ti.H/c;;1-5(2,3)4;;/h1H;;(H3,1,2,3,4);;/q;+1;;;-1. The van der Waals surface area contributed by atoms with Gasteiger partial charge >= 0.3 is 59.2 Å². The van der Waals surface area contributed by atoms with Gasteiger partial charge in [-0.05, 0) is 0 Å². The molecule has 0 aliphatic rings. The molecule has 0 saturated heterocycles. The van der Waals surface area contributed by atoms with Crippen LogP contribution in [0, 0.1) is 0 Å². The monoisotopic (exact) mass is 206 g/mol. The van der Waals surface area contributed by atoms with E-state index < -0.39 is 7.82 Å². The summed E-state index contributed by atoms with van der Waals surface area (Å²) in [6, 6.07) is 0. The van der Waals surface area contributed by atoms with E-state index in [9.17, 15) is 0 Å². The maximum atomic E-state index is 8.88. The molecule has 0 fully saturated rings. The summed E-state index contributed by atoms with van der Waals surface area (Å²) in [6.07, 6.45) is 0. The van der Waals surface area contributed by atoms with E-state index in [0.717, 1.165) is 0 Å². The van der Waals surface area contributed by atoms with Crippen LogP contribution in [-0.4, -0.2) is 14.7 Å². The maximum absolute atomic E-state index is 8.88. The molecule has 0 heterocycles. The fourth-order valence-electron chi connectivity index (χ4n) is 0. The minimum Gasteiger partial charge on any atom is -1.00 e. The van der Waals surface area contributed by atoms with E-state index in [1.54, 1.807) is 0 Å². The summed E-state index contributed by atoms with van der Waals surface area (Å²) in [5, 5.41) is 0. The second-order valence-corrected chi connectivity index (χ2v) is 1.54. The van der Waals surface area contributed by atoms with Crippen LogP contribution in [0.3, 0.4) is 0 Å². The van der Waals surface area contributed by atoms with Crippen LogP contribution in [0.4, 0.5) is 4.70 Å². The van der Waals surface area contributed by atoms with Gasteiger partial charge < -0.3 is 16.1 Å². The third kappa shape index (κ3) is 80.2. The number of hydrogen-bond acceptors (Lipinski definition) is 1. The van der Waals surface area contributed by atoms with Crippen LogP contribution in [0.1, 0.15) is 1.43 Å². The summed E-state index contributed by atoms with van der Waals surface area (Å²) in [7, 11) is -4.64. The van der Waals surface area contributed by atoms with E-state index >= 15 is 0 Å². The Kier molecular flexibility index (Phi) is 26.3. The van der Waals surface area contributed by atoms with Crippen molar-refractivity contribution in [1.82, 2.24) is 0 Å². The van der Waals surface area contributed by atoms with Crippen LogP contribution in [-0.2, 0) is 26.3 Å². The summed E-state index contributed by atoms with van der Waals surface area (Å²) < 4.78 is 8.88. The van der Waals surface area contributed by atoms with E-state index in [0.29, 0.717) is 0 Å². The van der Waals surface area contributed by atoms with E-state index in [1.165, 1.54) is 0 Å². The van der Waals surface area contributed by atoms with Gasteiger partial charge in [0.15, 0.2) is 0 Å². The first kappa shape index (κ1) is 22.4. The number of phosphoric acid groups is 1. The molecule has 0 rings (SSSR count). The van der Waals surface area contributed by atoms with E-state index in [1.807, 2.05) is 0 Å². The summed E-state index contributed by atoms with van der Waals surface area (Å²) in [6.45, 7) is 0. The summed E-state index contributed by atoms with van der Waals surface area (Å²) in [5.74, 6) is 0. The Morgan fingerprint density at radius 1 is 1.25 bits per heavy atom. The van der Waals surface area contributed by atoms with Gasteiger partial charge in [0.05, 0.1) is 0 Å². The average molecular weight is 206 g/mol. The Hall–Kier alpha value is 2.39. The molecule has 0 saturated carbocycles. The summed E-state index contributed by atoms with van der Waals surface area (Å²) in [5.41, 5.74) is 0. The molecule has 0 aliphatic carbocycles. The SMILES string of the molecule is F.O=P(O)(O)O.[H-].[K+].[Ti]. The van der Waals surface area contributed by atoms with Gasteiger partial charge in [0.25, 0.3) is 0 Å². The van der Waals surface area contributed by atoms with E-state index in [-0.39, 0.29) is 79.2 Å². The molecule has 8 heavy (non-hydrogen) atoms. The zero-order valence-corrected chi connectivity index (χ0v) is 9.68. The van der Waals surface area contributed by atoms with Gasteiger partial charge in [-0.3, -0.25) is 4.70 Å². The van der Waals surface area contributed by atoms with Gasteiger partial charge in [0.2, 0.25) is 0 Å². The molecule has 0 aromatic heterocycles. The second-order valence-electron chi connectivity index (χ2n) is 0.513. The number of hydrogen-bond donors (Lipinski definition) is 3. The van der Waals surface area contributed by atoms with Crippen molar-refractivity contribution in [1.29, 1.82) is 0 Å². The molecule has 0 radical (unpaired) electrons. The van der Waals surface area contributed by atoms with Crippen molar-refractivity contribution in [2.75, 3.05) is 0 Å².